The molecule has 0 unspecified atom stereocenters. The van der Waals surface area contributed by atoms with Gasteiger partial charge in [0.15, 0.2) is 0 Å². The number of carbonyl (C=O) groups excluding carboxylic acids is 1. The van der Waals surface area contributed by atoms with Gasteiger partial charge in [0.2, 0.25) is 0 Å². The fourth-order valence-electron chi connectivity index (χ4n) is 2.56. The first-order chi connectivity index (χ1) is 12.8. The predicted octanol–water partition coefficient (Wildman–Crippen LogP) is 3.03. The van der Waals surface area contributed by atoms with Crippen LogP contribution in [0.5, 0.6) is 0 Å². The van der Waals surface area contributed by atoms with Gasteiger partial charge < -0.3 is 15.6 Å². The van der Waals surface area contributed by atoms with Crippen molar-refractivity contribution in [1.29, 1.82) is 0 Å². The Kier molecular flexibility index (Phi) is 4.26. The Balaban J connectivity index is 1.43. The summed E-state index contributed by atoms with van der Waals surface area (Å²) < 4.78 is 0. The van der Waals surface area contributed by atoms with Gasteiger partial charge >= 0.3 is 0 Å². The Morgan fingerprint density at radius 3 is 2.77 bits per heavy atom. The molecule has 0 aliphatic carbocycles. The Hall–Kier alpha value is -3.74. The molecule has 0 aliphatic heterocycles. The standard InChI is InChI=1S/C19H16N6O/c26-19(21-12-18-23-14-6-1-2-7-15(14)24-18)16-8-3-9-17(25-16)22-13-5-4-10-20-11-13/h1-11H,12H2,(H,21,26)(H,22,25)(H,23,24). The van der Waals surface area contributed by atoms with Gasteiger partial charge in [0, 0.05) is 6.20 Å². The number of aromatic amines is 1. The van der Waals surface area contributed by atoms with E-state index in [0.29, 0.717) is 23.9 Å². The van der Waals surface area contributed by atoms with Crippen molar-refractivity contribution in [3.63, 3.8) is 0 Å². The molecule has 7 heteroatoms. The molecule has 4 aromatic rings. The molecule has 128 valence electrons. The van der Waals surface area contributed by atoms with Crippen molar-refractivity contribution in [2.24, 2.45) is 0 Å². The second kappa shape index (κ2) is 7.02. The third-order valence-corrected chi connectivity index (χ3v) is 3.77. The maximum absolute atomic E-state index is 12.4. The molecule has 7 nitrogen and oxygen atoms in total. The molecule has 4 rings (SSSR count). The van der Waals surface area contributed by atoms with Crippen molar-refractivity contribution in [2.75, 3.05) is 5.32 Å². The second-order valence-electron chi connectivity index (χ2n) is 5.66. The lowest BCUT2D eigenvalue weighted by molar-refractivity contribution is 0.0945. The minimum absolute atomic E-state index is 0.264. The van der Waals surface area contributed by atoms with Crippen LogP contribution in [-0.4, -0.2) is 25.8 Å². The number of carbonyl (C=O) groups is 1. The lowest BCUT2D eigenvalue weighted by Gasteiger charge is -2.07. The number of imidazole rings is 1. The van der Waals surface area contributed by atoms with Gasteiger partial charge in [-0.1, -0.05) is 18.2 Å². The minimum atomic E-state index is -0.264. The summed E-state index contributed by atoms with van der Waals surface area (Å²) in [5.74, 6) is 1.01. The molecule has 0 atom stereocenters. The predicted molar refractivity (Wildman–Crippen MR) is 99.0 cm³/mol. The first-order valence-electron chi connectivity index (χ1n) is 8.14. The third kappa shape index (κ3) is 3.51. The number of pyridine rings is 2. The minimum Gasteiger partial charge on any atom is -0.343 e. The number of nitrogens with one attached hydrogen (secondary N) is 3. The summed E-state index contributed by atoms with van der Waals surface area (Å²) in [4.78, 5) is 28.4. The molecule has 1 aromatic carbocycles. The zero-order chi connectivity index (χ0) is 17.8. The quantitative estimate of drug-likeness (QED) is 0.517. The second-order valence-corrected chi connectivity index (χ2v) is 5.66. The number of hydrogen-bond acceptors (Lipinski definition) is 5. The summed E-state index contributed by atoms with van der Waals surface area (Å²) in [6.45, 7) is 0.301. The lowest BCUT2D eigenvalue weighted by Crippen LogP contribution is -2.24. The number of rotatable bonds is 5. The molecule has 3 heterocycles. The van der Waals surface area contributed by atoms with Gasteiger partial charge in [0.05, 0.1) is 29.5 Å². The van der Waals surface area contributed by atoms with Crippen molar-refractivity contribution in [3.8, 4) is 0 Å². The number of fused-ring (bicyclic) bond motifs is 1. The largest absolute Gasteiger partial charge is 0.343 e. The van der Waals surface area contributed by atoms with Gasteiger partial charge in [-0.3, -0.25) is 9.78 Å². The highest BCUT2D eigenvalue weighted by atomic mass is 16.1. The molecule has 3 N–H and O–H groups in total. The molecule has 0 saturated carbocycles. The molecule has 0 fully saturated rings. The normalized spacial score (nSPS) is 10.6. The highest BCUT2D eigenvalue weighted by Gasteiger charge is 2.09. The first-order valence-corrected chi connectivity index (χ1v) is 8.14. The van der Waals surface area contributed by atoms with Crippen molar-refractivity contribution in [3.05, 3.63) is 78.5 Å². The average Bonchev–Trinajstić information content (AvgIpc) is 3.10. The highest BCUT2D eigenvalue weighted by molar-refractivity contribution is 5.92. The zero-order valence-electron chi connectivity index (χ0n) is 13.8. The maximum atomic E-state index is 12.4. The summed E-state index contributed by atoms with van der Waals surface area (Å²) >= 11 is 0. The third-order valence-electron chi connectivity index (χ3n) is 3.77. The van der Waals surface area contributed by atoms with E-state index in [4.69, 9.17) is 0 Å². The van der Waals surface area contributed by atoms with Gasteiger partial charge in [-0.05, 0) is 36.4 Å². The van der Waals surface area contributed by atoms with Crippen LogP contribution in [0.1, 0.15) is 16.3 Å². The molecular weight excluding hydrogens is 328 g/mol. The van der Waals surface area contributed by atoms with Gasteiger partial charge in [0.25, 0.3) is 5.91 Å². The average molecular weight is 344 g/mol. The Morgan fingerprint density at radius 2 is 1.92 bits per heavy atom. The maximum Gasteiger partial charge on any atom is 0.270 e. The smallest absolute Gasteiger partial charge is 0.270 e. The number of anilines is 2. The number of nitrogens with zero attached hydrogens (tertiary/aromatic N) is 3. The van der Waals surface area contributed by atoms with Gasteiger partial charge in [0.1, 0.15) is 17.3 Å². The van der Waals surface area contributed by atoms with Crippen molar-refractivity contribution in [1.82, 2.24) is 25.3 Å². The van der Waals surface area contributed by atoms with Crippen LogP contribution in [0.15, 0.2) is 67.0 Å². The monoisotopic (exact) mass is 344 g/mol. The van der Waals surface area contributed by atoms with Crippen molar-refractivity contribution in [2.45, 2.75) is 6.54 Å². The van der Waals surface area contributed by atoms with E-state index in [0.717, 1.165) is 16.7 Å². The van der Waals surface area contributed by atoms with E-state index in [2.05, 4.69) is 30.6 Å². The van der Waals surface area contributed by atoms with E-state index in [-0.39, 0.29) is 5.91 Å². The van der Waals surface area contributed by atoms with Crippen LogP contribution in [0.4, 0.5) is 11.5 Å². The van der Waals surface area contributed by atoms with Crippen LogP contribution in [0, 0.1) is 0 Å². The topological polar surface area (TPSA) is 95.6 Å². The zero-order valence-corrected chi connectivity index (χ0v) is 13.8. The summed E-state index contributed by atoms with van der Waals surface area (Å²) in [6, 6.07) is 16.7. The van der Waals surface area contributed by atoms with Crippen LogP contribution >= 0.6 is 0 Å². The van der Waals surface area contributed by atoms with Crippen molar-refractivity contribution >= 4 is 28.4 Å². The summed E-state index contributed by atoms with van der Waals surface area (Å²) in [6.07, 6.45) is 3.39. The van der Waals surface area contributed by atoms with E-state index < -0.39 is 0 Å². The Bertz CT molecular complexity index is 1010. The number of para-hydroxylation sites is 2. The van der Waals surface area contributed by atoms with E-state index in [9.17, 15) is 4.79 Å². The molecule has 0 bridgehead atoms. The summed E-state index contributed by atoms with van der Waals surface area (Å²) in [7, 11) is 0. The molecule has 3 aromatic heterocycles. The van der Waals surface area contributed by atoms with Gasteiger partial charge in [-0.2, -0.15) is 0 Å². The van der Waals surface area contributed by atoms with E-state index in [1.807, 2.05) is 36.4 Å². The Labute approximate surface area is 149 Å². The molecule has 0 spiro atoms. The van der Waals surface area contributed by atoms with Gasteiger partial charge in [-0.15, -0.1) is 0 Å². The van der Waals surface area contributed by atoms with E-state index >= 15 is 0 Å². The van der Waals surface area contributed by atoms with Gasteiger partial charge in [-0.25, -0.2) is 9.97 Å². The molecule has 0 saturated heterocycles. The molecule has 0 aliphatic rings. The first kappa shape index (κ1) is 15.8. The number of benzene rings is 1. The molecule has 0 radical (unpaired) electrons. The number of amides is 1. The number of H-pyrrole nitrogens is 1. The fraction of sp³-hybridized carbons (Fsp3) is 0.0526. The van der Waals surface area contributed by atoms with Crippen LogP contribution in [0.3, 0.4) is 0 Å². The van der Waals surface area contributed by atoms with E-state index in [1.54, 1.807) is 30.6 Å². The molecule has 1 amide bonds. The molecular formula is C19H16N6O. The number of aromatic nitrogens is 4. The van der Waals surface area contributed by atoms with Crippen LogP contribution in [-0.2, 0) is 6.54 Å². The highest BCUT2D eigenvalue weighted by Crippen LogP contribution is 2.13. The number of hydrogen-bond donors (Lipinski definition) is 3. The van der Waals surface area contributed by atoms with Crippen LogP contribution in [0.25, 0.3) is 11.0 Å². The lowest BCUT2D eigenvalue weighted by atomic mass is 10.3. The summed E-state index contributed by atoms with van der Waals surface area (Å²) in [5.41, 5.74) is 2.95. The van der Waals surface area contributed by atoms with E-state index in [1.165, 1.54) is 0 Å². The SMILES string of the molecule is O=C(NCc1nc2ccccc2[nH]1)c1cccc(Nc2cccnc2)n1. The summed E-state index contributed by atoms with van der Waals surface area (Å²) in [5, 5.41) is 5.95. The van der Waals surface area contributed by atoms with Crippen LogP contribution in [0.2, 0.25) is 0 Å². The fourth-order valence-corrected chi connectivity index (χ4v) is 2.56. The van der Waals surface area contributed by atoms with Crippen molar-refractivity contribution < 1.29 is 4.79 Å². The van der Waals surface area contributed by atoms with Crippen LogP contribution < -0.4 is 10.6 Å². The Morgan fingerprint density at radius 1 is 1.00 bits per heavy atom. The molecule has 26 heavy (non-hydrogen) atoms.